The summed E-state index contributed by atoms with van der Waals surface area (Å²) in [6.45, 7) is 7.36. The Labute approximate surface area is 114 Å². The van der Waals surface area contributed by atoms with Crippen LogP contribution >= 0.6 is 0 Å². The largest absolute Gasteiger partial charge is 0.396 e. The van der Waals surface area contributed by atoms with Crippen molar-refractivity contribution in [3.05, 3.63) is 0 Å². The Morgan fingerprint density at radius 1 is 1.00 bits per heavy atom. The van der Waals surface area contributed by atoms with Crippen molar-refractivity contribution in [3.63, 3.8) is 0 Å². The highest BCUT2D eigenvalue weighted by Crippen LogP contribution is 2.29. The van der Waals surface area contributed by atoms with Gasteiger partial charge in [0.25, 0.3) is 0 Å². The van der Waals surface area contributed by atoms with Crippen LogP contribution in [0.4, 0.5) is 0 Å². The minimum absolute atomic E-state index is 0.347. The highest BCUT2D eigenvalue weighted by Gasteiger charge is 2.25. The average molecular weight is 255 g/mol. The molecule has 0 heterocycles. The minimum Gasteiger partial charge on any atom is -0.396 e. The summed E-state index contributed by atoms with van der Waals surface area (Å²) in [6.07, 6.45) is 12.0. The highest BCUT2D eigenvalue weighted by atomic mass is 16.2. The fraction of sp³-hybridized carbons (Fsp3) is 1.00. The molecule has 2 unspecified atom stereocenters. The van der Waals surface area contributed by atoms with Crippen molar-refractivity contribution in [2.24, 2.45) is 5.92 Å². The molecule has 0 aliphatic heterocycles. The molecule has 0 aromatic rings. The van der Waals surface area contributed by atoms with Crippen molar-refractivity contribution in [1.29, 1.82) is 0 Å². The average Bonchev–Trinajstić information content (AvgIpc) is 2.36. The van der Waals surface area contributed by atoms with E-state index in [1.807, 2.05) is 0 Å². The molecule has 0 spiro atoms. The van der Waals surface area contributed by atoms with Gasteiger partial charge in [0.1, 0.15) is 0 Å². The summed E-state index contributed by atoms with van der Waals surface area (Å²) in [7, 11) is 0. The summed E-state index contributed by atoms with van der Waals surface area (Å²) >= 11 is 0. The zero-order valence-corrected chi connectivity index (χ0v) is 12.5. The number of hydrogen-bond acceptors (Lipinski definition) is 2. The molecule has 108 valence electrons. The van der Waals surface area contributed by atoms with Crippen molar-refractivity contribution in [2.45, 2.75) is 77.7 Å². The van der Waals surface area contributed by atoms with Crippen LogP contribution in [-0.2, 0) is 0 Å². The summed E-state index contributed by atoms with van der Waals surface area (Å²) in [6, 6.07) is 0.805. The van der Waals surface area contributed by atoms with Gasteiger partial charge in [-0.25, -0.2) is 0 Å². The van der Waals surface area contributed by atoms with Crippen molar-refractivity contribution in [2.75, 3.05) is 19.7 Å². The van der Waals surface area contributed by atoms with Gasteiger partial charge >= 0.3 is 0 Å². The van der Waals surface area contributed by atoms with Crippen molar-refractivity contribution < 1.29 is 5.11 Å². The SMILES string of the molecule is CCC1CCCCCCC1N(CC)CCCCO. The van der Waals surface area contributed by atoms with Gasteiger partial charge in [0.05, 0.1) is 0 Å². The standard InChI is InChI=1S/C16H33NO/c1-3-15-11-7-5-6-8-12-16(15)17(4-2)13-9-10-14-18/h15-16,18H,3-14H2,1-2H3. The quantitative estimate of drug-likeness (QED) is 0.699. The fourth-order valence-corrected chi connectivity index (χ4v) is 3.48. The Morgan fingerprint density at radius 3 is 2.33 bits per heavy atom. The second-order valence-corrected chi connectivity index (χ2v) is 5.79. The number of nitrogens with zero attached hydrogens (tertiary/aromatic N) is 1. The van der Waals surface area contributed by atoms with Crippen LogP contribution in [0.5, 0.6) is 0 Å². The molecule has 2 atom stereocenters. The maximum Gasteiger partial charge on any atom is 0.0431 e. The van der Waals surface area contributed by atoms with Gasteiger partial charge in [-0.1, -0.05) is 46.0 Å². The van der Waals surface area contributed by atoms with Gasteiger partial charge in [-0.3, -0.25) is 0 Å². The molecule has 2 heteroatoms. The van der Waals surface area contributed by atoms with E-state index in [1.54, 1.807) is 0 Å². The normalized spacial score (nSPS) is 26.0. The van der Waals surface area contributed by atoms with Crippen molar-refractivity contribution >= 4 is 0 Å². The van der Waals surface area contributed by atoms with Crippen LogP contribution in [0.2, 0.25) is 0 Å². The van der Waals surface area contributed by atoms with Gasteiger partial charge in [0.2, 0.25) is 0 Å². The van der Waals surface area contributed by atoms with E-state index in [0.717, 1.165) is 24.8 Å². The molecule has 1 saturated carbocycles. The Balaban J connectivity index is 2.52. The molecule has 1 fully saturated rings. The van der Waals surface area contributed by atoms with Crippen molar-refractivity contribution in [1.82, 2.24) is 4.90 Å². The predicted molar refractivity (Wildman–Crippen MR) is 78.8 cm³/mol. The monoisotopic (exact) mass is 255 g/mol. The van der Waals surface area contributed by atoms with E-state index in [-0.39, 0.29) is 0 Å². The molecule has 0 amide bonds. The van der Waals surface area contributed by atoms with E-state index in [0.29, 0.717) is 6.61 Å². The summed E-state index contributed by atoms with van der Waals surface area (Å²) in [5.74, 6) is 0.902. The highest BCUT2D eigenvalue weighted by molar-refractivity contribution is 4.80. The van der Waals surface area contributed by atoms with Crippen LogP contribution in [0.3, 0.4) is 0 Å². The molecule has 0 saturated heterocycles. The second kappa shape index (κ2) is 9.80. The number of aliphatic hydroxyl groups excluding tert-OH is 1. The molecule has 1 N–H and O–H groups in total. The Hall–Kier alpha value is -0.0800. The lowest BCUT2D eigenvalue weighted by atomic mass is 9.84. The molecular weight excluding hydrogens is 222 g/mol. The van der Waals surface area contributed by atoms with E-state index in [1.165, 1.54) is 58.0 Å². The zero-order valence-electron chi connectivity index (χ0n) is 12.5. The zero-order chi connectivity index (χ0) is 13.2. The first-order valence-corrected chi connectivity index (χ1v) is 8.18. The van der Waals surface area contributed by atoms with Gasteiger partial charge in [0.15, 0.2) is 0 Å². The molecule has 1 rings (SSSR count). The summed E-state index contributed by atoms with van der Waals surface area (Å²) in [4.78, 5) is 2.69. The van der Waals surface area contributed by atoms with E-state index >= 15 is 0 Å². The van der Waals surface area contributed by atoms with Gasteiger partial charge in [-0.15, -0.1) is 0 Å². The third kappa shape index (κ3) is 5.27. The number of hydrogen-bond donors (Lipinski definition) is 1. The first kappa shape index (κ1) is 16.0. The molecule has 2 nitrogen and oxygen atoms in total. The molecule has 1 aliphatic rings. The molecule has 1 aliphatic carbocycles. The van der Waals surface area contributed by atoms with Crippen molar-refractivity contribution in [3.8, 4) is 0 Å². The predicted octanol–water partition coefficient (Wildman–Crippen LogP) is 3.83. The molecular formula is C16H33NO. The second-order valence-electron chi connectivity index (χ2n) is 5.79. The van der Waals surface area contributed by atoms with Gasteiger partial charge in [-0.05, 0) is 44.7 Å². The number of rotatable bonds is 7. The fourth-order valence-electron chi connectivity index (χ4n) is 3.48. The topological polar surface area (TPSA) is 23.5 Å². The first-order chi connectivity index (χ1) is 8.83. The van der Waals surface area contributed by atoms with Gasteiger partial charge < -0.3 is 10.0 Å². The smallest absolute Gasteiger partial charge is 0.0431 e. The number of unbranched alkanes of at least 4 members (excludes halogenated alkanes) is 1. The van der Waals surface area contributed by atoms with Gasteiger partial charge in [0, 0.05) is 12.6 Å². The first-order valence-electron chi connectivity index (χ1n) is 8.18. The third-order valence-corrected chi connectivity index (χ3v) is 4.62. The molecule has 0 radical (unpaired) electrons. The lowest BCUT2D eigenvalue weighted by Crippen LogP contribution is -2.41. The van der Waals surface area contributed by atoms with Crippen LogP contribution < -0.4 is 0 Å². The summed E-state index contributed by atoms with van der Waals surface area (Å²) in [5.41, 5.74) is 0. The molecule has 0 aromatic carbocycles. The number of aliphatic hydroxyl groups is 1. The van der Waals surface area contributed by atoms with Crippen LogP contribution in [0, 0.1) is 5.92 Å². The lowest BCUT2D eigenvalue weighted by molar-refractivity contribution is 0.115. The maximum atomic E-state index is 8.92. The van der Waals surface area contributed by atoms with Crippen LogP contribution in [-0.4, -0.2) is 35.7 Å². The molecule has 0 aromatic heterocycles. The van der Waals surface area contributed by atoms with Crippen LogP contribution in [0.15, 0.2) is 0 Å². The lowest BCUT2D eigenvalue weighted by Gasteiger charge is -2.38. The summed E-state index contributed by atoms with van der Waals surface area (Å²) < 4.78 is 0. The van der Waals surface area contributed by atoms with E-state index in [2.05, 4.69) is 18.7 Å². The van der Waals surface area contributed by atoms with E-state index in [9.17, 15) is 0 Å². The third-order valence-electron chi connectivity index (χ3n) is 4.62. The van der Waals surface area contributed by atoms with Crippen LogP contribution in [0.25, 0.3) is 0 Å². The Morgan fingerprint density at radius 2 is 1.72 bits per heavy atom. The van der Waals surface area contributed by atoms with Crippen LogP contribution in [0.1, 0.15) is 71.6 Å². The Kier molecular flexibility index (Phi) is 8.70. The Bertz CT molecular complexity index is 196. The molecule has 0 bridgehead atoms. The van der Waals surface area contributed by atoms with Gasteiger partial charge in [-0.2, -0.15) is 0 Å². The van der Waals surface area contributed by atoms with E-state index < -0.39 is 0 Å². The minimum atomic E-state index is 0.347. The van der Waals surface area contributed by atoms with E-state index in [4.69, 9.17) is 5.11 Å². The maximum absolute atomic E-state index is 8.92. The molecule has 18 heavy (non-hydrogen) atoms. The summed E-state index contributed by atoms with van der Waals surface area (Å²) in [5, 5.41) is 8.92.